The van der Waals surface area contributed by atoms with Crippen LogP contribution in [0.1, 0.15) is 11.5 Å². The zero-order valence-corrected chi connectivity index (χ0v) is 5.72. The van der Waals surface area contributed by atoms with Gasteiger partial charge in [-0.15, -0.1) is 0 Å². The van der Waals surface area contributed by atoms with E-state index in [1.54, 1.807) is 12.1 Å². The Kier molecular flexibility index (Phi) is 2.03. The number of allylic oxidation sites excluding steroid dienone is 1. The van der Waals surface area contributed by atoms with Crippen LogP contribution in [-0.4, -0.2) is 15.9 Å². The van der Waals surface area contributed by atoms with Gasteiger partial charge in [-0.05, 0) is 6.92 Å². The number of nitrogens with zero attached hydrogens (tertiary/aromatic N) is 1. The van der Waals surface area contributed by atoms with Gasteiger partial charge in [-0.25, -0.2) is 9.78 Å². The molecule has 0 saturated heterocycles. The smallest absolute Gasteiger partial charge is 0.120 e. The highest BCUT2D eigenvalue weighted by atomic mass is 16.1. The van der Waals surface area contributed by atoms with Gasteiger partial charge in [0.1, 0.15) is 11.8 Å². The van der Waals surface area contributed by atoms with Gasteiger partial charge in [0.2, 0.25) is 0 Å². The number of carbonyl (C=O) groups excluding carboxylic acids is 1. The molecular formula is C7H8N2O. The van der Waals surface area contributed by atoms with Crippen molar-refractivity contribution in [3.63, 3.8) is 0 Å². The Balaban J connectivity index is 2.66. The van der Waals surface area contributed by atoms with Crippen molar-refractivity contribution in [3.8, 4) is 0 Å². The summed E-state index contributed by atoms with van der Waals surface area (Å²) in [7, 11) is 0. The Hall–Kier alpha value is -1.34. The first-order chi connectivity index (χ1) is 4.83. The number of rotatable bonds is 2. The minimum Gasteiger partial charge on any atom is -0.346 e. The highest BCUT2D eigenvalue weighted by Gasteiger charge is 1.91. The Labute approximate surface area is 58.8 Å². The second-order valence-electron chi connectivity index (χ2n) is 2.02. The van der Waals surface area contributed by atoms with Crippen LogP contribution in [0.4, 0.5) is 0 Å². The molecule has 0 aliphatic carbocycles. The van der Waals surface area contributed by atoms with Crippen molar-refractivity contribution in [2.45, 2.75) is 13.3 Å². The average molecular weight is 136 g/mol. The van der Waals surface area contributed by atoms with Crippen LogP contribution in [0.3, 0.4) is 0 Å². The van der Waals surface area contributed by atoms with Gasteiger partial charge < -0.3 is 4.98 Å². The van der Waals surface area contributed by atoms with Crippen LogP contribution >= 0.6 is 0 Å². The number of aromatic amines is 1. The summed E-state index contributed by atoms with van der Waals surface area (Å²) in [6, 6.07) is 0. The first kappa shape index (κ1) is 6.78. The van der Waals surface area contributed by atoms with E-state index in [0.29, 0.717) is 6.42 Å². The summed E-state index contributed by atoms with van der Waals surface area (Å²) in [6.45, 7) is 1.87. The number of H-pyrrole nitrogens is 1. The third kappa shape index (κ3) is 1.57. The number of aromatic nitrogens is 2. The molecule has 0 saturated carbocycles. The normalized spacial score (nSPS) is 8.90. The van der Waals surface area contributed by atoms with Gasteiger partial charge in [0, 0.05) is 24.4 Å². The first-order valence-electron chi connectivity index (χ1n) is 3.03. The predicted octanol–water partition coefficient (Wildman–Crippen LogP) is 0.648. The van der Waals surface area contributed by atoms with Crippen LogP contribution in [0.25, 0.3) is 0 Å². The Bertz CT molecular complexity index is 258. The van der Waals surface area contributed by atoms with Gasteiger partial charge in [0.05, 0.1) is 0 Å². The number of nitrogens with one attached hydrogen (secondary N) is 1. The van der Waals surface area contributed by atoms with Gasteiger partial charge in [-0.3, -0.25) is 0 Å². The molecule has 0 aliphatic heterocycles. The van der Waals surface area contributed by atoms with Gasteiger partial charge >= 0.3 is 0 Å². The Morgan fingerprint density at radius 1 is 1.90 bits per heavy atom. The first-order valence-corrected chi connectivity index (χ1v) is 3.03. The topological polar surface area (TPSA) is 45.8 Å². The van der Waals surface area contributed by atoms with Gasteiger partial charge in [-0.2, -0.15) is 0 Å². The largest absolute Gasteiger partial charge is 0.346 e. The van der Waals surface area contributed by atoms with E-state index >= 15 is 0 Å². The van der Waals surface area contributed by atoms with Gasteiger partial charge in [0.15, 0.2) is 0 Å². The van der Waals surface area contributed by atoms with E-state index in [9.17, 15) is 4.79 Å². The highest BCUT2D eigenvalue weighted by Crippen LogP contribution is 1.95. The van der Waals surface area contributed by atoms with Crippen molar-refractivity contribution in [1.82, 2.24) is 9.97 Å². The minimum absolute atomic E-state index is 0.588. The molecule has 0 radical (unpaired) electrons. The summed E-state index contributed by atoms with van der Waals surface area (Å²) >= 11 is 0. The number of hydrogen-bond acceptors (Lipinski definition) is 2. The zero-order valence-electron chi connectivity index (χ0n) is 5.72. The lowest BCUT2D eigenvalue weighted by atomic mass is 10.3. The van der Waals surface area contributed by atoms with Crippen LogP contribution in [0, 0.1) is 6.92 Å². The van der Waals surface area contributed by atoms with E-state index in [1.807, 2.05) is 6.92 Å². The molecule has 1 heterocycles. The molecule has 10 heavy (non-hydrogen) atoms. The third-order valence-corrected chi connectivity index (χ3v) is 1.16. The van der Waals surface area contributed by atoms with Crippen LogP contribution in [0.2, 0.25) is 0 Å². The van der Waals surface area contributed by atoms with Crippen LogP contribution in [-0.2, 0) is 11.2 Å². The van der Waals surface area contributed by atoms with E-state index in [-0.39, 0.29) is 0 Å². The molecule has 0 fully saturated rings. The molecule has 3 nitrogen and oxygen atoms in total. The summed E-state index contributed by atoms with van der Waals surface area (Å²) in [5.74, 6) is 2.57. The summed E-state index contributed by atoms with van der Waals surface area (Å²) < 4.78 is 0. The van der Waals surface area contributed by atoms with E-state index in [4.69, 9.17) is 0 Å². The summed E-state index contributed by atoms with van der Waals surface area (Å²) in [5, 5.41) is 0. The predicted molar refractivity (Wildman–Crippen MR) is 37.3 cm³/mol. The van der Waals surface area contributed by atoms with E-state index < -0.39 is 0 Å². The maximum absolute atomic E-state index is 9.77. The summed E-state index contributed by atoms with van der Waals surface area (Å²) in [4.78, 5) is 16.7. The molecule has 1 aromatic rings. The number of hydrogen-bond donors (Lipinski definition) is 1. The summed E-state index contributed by atoms with van der Waals surface area (Å²) in [6.07, 6.45) is 3.72. The second kappa shape index (κ2) is 2.99. The molecule has 0 aliphatic rings. The standard InChI is InChI=1S/C7H8N2O/c1-6-8-5-7(9-6)3-2-4-10/h2,5H,3H2,1H3,(H,8,9). The van der Waals surface area contributed by atoms with Gasteiger partial charge in [0.25, 0.3) is 0 Å². The molecule has 0 aromatic carbocycles. The lowest BCUT2D eigenvalue weighted by Gasteiger charge is -1.83. The van der Waals surface area contributed by atoms with Crippen LogP contribution in [0.5, 0.6) is 0 Å². The molecular weight excluding hydrogens is 128 g/mol. The van der Waals surface area contributed by atoms with Crippen molar-refractivity contribution < 1.29 is 4.79 Å². The highest BCUT2D eigenvalue weighted by molar-refractivity contribution is 5.45. The molecule has 0 spiro atoms. The molecule has 1 rings (SSSR count). The molecule has 52 valence electrons. The third-order valence-electron chi connectivity index (χ3n) is 1.16. The molecule has 3 heteroatoms. The van der Waals surface area contributed by atoms with E-state index in [1.165, 1.54) is 6.08 Å². The van der Waals surface area contributed by atoms with Crippen molar-refractivity contribution in [1.29, 1.82) is 0 Å². The fourth-order valence-corrected chi connectivity index (χ4v) is 0.727. The monoisotopic (exact) mass is 136 g/mol. The van der Waals surface area contributed by atoms with Crippen molar-refractivity contribution in [3.05, 3.63) is 23.8 Å². The SMILES string of the molecule is Cc1ncc(CC=C=O)[nH]1. The molecule has 1 aromatic heterocycles. The van der Waals surface area contributed by atoms with Crippen LogP contribution in [0.15, 0.2) is 12.3 Å². The van der Waals surface area contributed by atoms with E-state index in [2.05, 4.69) is 9.97 Å². The van der Waals surface area contributed by atoms with Crippen molar-refractivity contribution in [2.24, 2.45) is 0 Å². The Morgan fingerprint density at radius 3 is 3.20 bits per heavy atom. The minimum atomic E-state index is 0.588. The zero-order chi connectivity index (χ0) is 7.40. The molecule has 0 unspecified atom stereocenters. The fraction of sp³-hybridized carbons (Fsp3) is 0.286. The van der Waals surface area contributed by atoms with Crippen molar-refractivity contribution in [2.75, 3.05) is 0 Å². The maximum Gasteiger partial charge on any atom is 0.120 e. The molecule has 0 atom stereocenters. The maximum atomic E-state index is 9.77. The Morgan fingerprint density at radius 2 is 2.70 bits per heavy atom. The number of imidazole rings is 1. The van der Waals surface area contributed by atoms with Crippen molar-refractivity contribution >= 4 is 5.94 Å². The summed E-state index contributed by atoms with van der Waals surface area (Å²) in [5.41, 5.74) is 0.945. The lowest BCUT2D eigenvalue weighted by molar-refractivity contribution is 0.568. The van der Waals surface area contributed by atoms with Gasteiger partial charge in [-0.1, -0.05) is 0 Å². The quantitative estimate of drug-likeness (QED) is 0.606. The van der Waals surface area contributed by atoms with E-state index in [0.717, 1.165) is 11.5 Å². The second-order valence-corrected chi connectivity index (χ2v) is 2.02. The van der Waals surface area contributed by atoms with Crippen LogP contribution < -0.4 is 0 Å². The molecule has 1 N–H and O–H groups in total. The number of aryl methyl sites for hydroxylation is 1. The average Bonchev–Trinajstić information content (AvgIpc) is 2.31. The lowest BCUT2D eigenvalue weighted by Crippen LogP contribution is -1.79. The molecule has 0 amide bonds. The fourth-order valence-electron chi connectivity index (χ4n) is 0.727. The molecule has 0 bridgehead atoms.